The zero-order valence-corrected chi connectivity index (χ0v) is 13.8. The molecule has 1 amide bonds. The number of carbonyl (C=O) groups excluding carboxylic acids is 1. The van der Waals surface area contributed by atoms with Gasteiger partial charge in [0.25, 0.3) is 0 Å². The fourth-order valence-electron chi connectivity index (χ4n) is 3.14. The standard InChI is InChI=1S/C15H21BrN4O/c1-11-13(4-5-17-11)15(21)20-8-6-19(7-9-20)14-3-2-12(16)10-18-14/h2-3,10-11,13,17H,4-9H2,1H3. The second-order valence-corrected chi connectivity index (χ2v) is 6.70. The van der Waals surface area contributed by atoms with Crippen molar-refractivity contribution in [3.05, 3.63) is 22.8 Å². The van der Waals surface area contributed by atoms with Crippen molar-refractivity contribution in [3.63, 3.8) is 0 Å². The van der Waals surface area contributed by atoms with Crippen LogP contribution in [0.3, 0.4) is 0 Å². The Morgan fingerprint density at radius 2 is 2.10 bits per heavy atom. The molecule has 1 aromatic heterocycles. The molecule has 3 rings (SSSR count). The molecule has 2 atom stereocenters. The first-order chi connectivity index (χ1) is 10.1. The van der Waals surface area contributed by atoms with Gasteiger partial charge in [-0.05, 0) is 48.0 Å². The summed E-state index contributed by atoms with van der Waals surface area (Å²) in [5, 5.41) is 3.36. The molecular formula is C15H21BrN4O. The molecule has 0 saturated carbocycles. The lowest BCUT2D eigenvalue weighted by Gasteiger charge is -2.37. The van der Waals surface area contributed by atoms with Gasteiger partial charge in [0, 0.05) is 42.9 Å². The fourth-order valence-corrected chi connectivity index (χ4v) is 3.38. The predicted octanol–water partition coefficient (Wildman–Crippen LogP) is 1.49. The third-order valence-electron chi connectivity index (χ3n) is 4.47. The van der Waals surface area contributed by atoms with E-state index < -0.39 is 0 Å². The monoisotopic (exact) mass is 352 g/mol. The van der Waals surface area contributed by atoms with Gasteiger partial charge in [0.05, 0.1) is 5.92 Å². The van der Waals surface area contributed by atoms with Crippen molar-refractivity contribution in [3.8, 4) is 0 Å². The maximum atomic E-state index is 12.5. The van der Waals surface area contributed by atoms with Gasteiger partial charge < -0.3 is 15.1 Å². The number of piperazine rings is 1. The first kappa shape index (κ1) is 14.8. The van der Waals surface area contributed by atoms with Crippen molar-refractivity contribution in [1.82, 2.24) is 15.2 Å². The van der Waals surface area contributed by atoms with Gasteiger partial charge in [-0.2, -0.15) is 0 Å². The van der Waals surface area contributed by atoms with Crippen molar-refractivity contribution >= 4 is 27.7 Å². The Kier molecular flexibility index (Phi) is 4.45. The number of rotatable bonds is 2. The van der Waals surface area contributed by atoms with Gasteiger partial charge in [-0.1, -0.05) is 0 Å². The van der Waals surface area contributed by atoms with Gasteiger partial charge in [-0.15, -0.1) is 0 Å². The number of amides is 1. The summed E-state index contributed by atoms with van der Waals surface area (Å²) in [6.45, 7) is 6.36. The smallest absolute Gasteiger partial charge is 0.227 e. The molecule has 0 aliphatic carbocycles. The summed E-state index contributed by atoms with van der Waals surface area (Å²) < 4.78 is 0.989. The molecule has 5 nitrogen and oxygen atoms in total. The zero-order chi connectivity index (χ0) is 14.8. The molecule has 2 aliphatic rings. The van der Waals surface area contributed by atoms with Crippen LogP contribution in [0.15, 0.2) is 22.8 Å². The van der Waals surface area contributed by atoms with Crippen LogP contribution >= 0.6 is 15.9 Å². The summed E-state index contributed by atoms with van der Waals surface area (Å²) in [4.78, 5) is 21.2. The number of nitrogens with one attached hydrogen (secondary N) is 1. The van der Waals surface area contributed by atoms with Crippen LogP contribution in [0.2, 0.25) is 0 Å². The lowest BCUT2D eigenvalue weighted by atomic mass is 10.00. The number of carbonyl (C=O) groups is 1. The van der Waals surface area contributed by atoms with E-state index in [-0.39, 0.29) is 5.92 Å². The van der Waals surface area contributed by atoms with E-state index in [9.17, 15) is 4.79 Å². The normalized spacial score (nSPS) is 26.2. The largest absolute Gasteiger partial charge is 0.353 e. The summed E-state index contributed by atoms with van der Waals surface area (Å²) in [5.41, 5.74) is 0. The summed E-state index contributed by atoms with van der Waals surface area (Å²) in [5.74, 6) is 1.46. The molecule has 0 radical (unpaired) electrons. The van der Waals surface area contributed by atoms with Crippen LogP contribution in [0.5, 0.6) is 0 Å². The second-order valence-electron chi connectivity index (χ2n) is 5.78. The van der Waals surface area contributed by atoms with Crippen LogP contribution in [0, 0.1) is 5.92 Å². The molecule has 21 heavy (non-hydrogen) atoms. The van der Waals surface area contributed by atoms with Crippen molar-refractivity contribution < 1.29 is 4.79 Å². The number of aromatic nitrogens is 1. The van der Waals surface area contributed by atoms with E-state index >= 15 is 0 Å². The molecule has 2 unspecified atom stereocenters. The van der Waals surface area contributed by atoms with Gasteiger partial charge >= 0.3 is 0 Å². The number of anilines is 1. The Bertz CT molecular complexity index is 499. The molecule has 1 N–H and O–H groups in total. The Morgan fingerprint density at radius 3 is 2.67 bits per heavy atom. The quantitative estimate of drug-likeness (QED) is 0.875. The van der Waals surface area contributed by atoms with E-state index in [1.54, 1.807) is 0 Å². The molecule has 3 heterocycles. The Labute approximate surface area is 133 Å². The van der Waals surface area contributed by atoms with Crippen LogP contribution in [0.25, 0.3) is 0 Å². The summed E-state index contributed by atoms with van der Waals surface area (Å²) >= 11 is 3.40. The van der Waals surface area contributed by atoms with Crippen LogP contribution in [0.1, 0.15) is 13.3 Å². The highest BCUT2D eigenvalue weighted by molar-refractivity contribution is 9.10. The number of nitrogens with zero attached hydrogens (tertiary/aromatic N) is 3. The number of halogens is 1. The van der Waals surface area contributed by atoms with Crippen molar-refractivity contribution in [1.29, 1.82) is 0 Å². The summed E-state index contributed by atoms with van der Waals surface area (Å²) in [6.07, 6.45) is 2.78. The Hall–Kier alpha value is -1.14. The van der Waals surface area contributed by atoms with Gasteiger partial charge in [0.15, 0.2) is 0 Å². The number of pyridine rings is 1. The van der Waals surface area contributed by atoms with E-state index in [0.29, 0.717) is 11.9 Å². The highest BCUT2D eigenvalue weighted by atomic mass is 79.9. The van der Waals surface area contributed by atoms with E-state index in [0.717, 1.165) is 49.4 Å². The third-order valence-corrected chi connectivity index (χ3v) is 4.94. The lowest BCUT2D eigenvalue weighted by Crippen LogP contribution is -2.51. The van der Waals surface area contributed by atoms with Crippen molar-refractivity contribution in [2.75, 3.05) is 37.6 Å². The molecule has 6 heteroatoms. The molecule has 2 fully saturated rings. The number of hydrogen-bond donors (Lipinski definition) is 1. The zero-order valence-electron chi connectivity index (χ0n) is 12.3. The van der Waals surface area contributed by atoms with Gasteiger partial charge in [-0.25, -0.2) is 4.98 Å². The SMILES string of the molecule is CC1NCCC1C(=O)N1CCN(c2ccc(Br)cn2)CC1. The van der Waals surface area contributed by atoms with E-state index in [2.05, 4.69) is 38.1 Å². The Balaban J connectivity index is 1.57. The first-order valence-corrected chi connectivity index (χ1v) is 8.33. The molecule has 2 aliphatic heterocycles. The first-order valence-electron chi connectivity index (χ1n) is 7.54. The van der Waals surface area contributed by atoms with Crippen LogP contribution in [-0.2, 0) is 4.79 Å². The Morgan fingerprint density at radius 1 is 1.33 bits per heavy atom. The summed E-state index contributed by atoms with van der Waals surface area (Å²) in [7, 11) is 0. The average Bonchev–Trinajstić information content (AvgIpc) is 2.94. The molecule has 0 spiro atoms. The van der Waals surface area contributed by atoms with Crippen molar-refractivity contribution in [2.45, 2.75) is 19.4 Å². The van der Waals surface area contributed by atoms with E-state index in [1.165, 1.54) is 0 Å². The van der Waals surface area contributed by atoms with E-state index in [1.807, 2.05) is 23.2 Å². The number of hydrogen-bond acceptors (Lipinski definition) is 4. The average molecular weight is 353 g/mol. The van der Waals surface area contributed by atoms with E-state index in [4.69, 9.17) is 0 Å². The van der Waals surface area contributed by atoms with Crippen LogP contribution < -0.4 is 10.2 Å². The molecule has 2 saturated heterocycles. The molecule has 114 valence electrons. The topological polar surface area (TPSA) is 48.5 Å². The highest BCUT2D eigenvalue weighted by Gasteiger charge is 2.33. The minimum atomic E-state index is 0.155. The minimum absolute atomic E-state index is 0.155. The highest BCUT2D eigenvalue weighted by Crippen LogP contribution is 2.21. The lowest BCUT2D eigenvalue weighted by molar-refractivity contribution is -0.136. The predicted molar refractivity (Wildman–Crippen MR) is 86.3 cm³/mol. The van der Waals surface area contributed by atoms with Gasteiger partial charge in [0.1, 0.15) is 5.82 Å². The van der Waals surface area contributed by atoms with Gasteiger partial charge in [0.2, 0.25) is 5.91 Å². The molecule has 1 aromatic rings. The third kappa shape index (κ3) is 3.21. The molecule has 0 aromatic carbocycles. The van der Waals surface area contributed by atoms with Crippen LogP contribution in [-0.4, -0.2) is 54.6 Å². The maximum Gasteiger partial charge on any atom is 0.227 e. The molecule has 0 bridgehead atoms. The van der Waals surface area contributed by atoms with Gasteiger partial charge in [-0.3, -0.25) is 4.79 Å². The van der Waals surface area contributed by atoms with Crippen molar-refractivity contribution in [2.24, 2.45) is 5.92 Å². The van der Waals surface area contributed by atoms with Crippen LogP contribution in [0.4, 0.5) is 5.82 Å². The fraction of sp³-hybridized carbons (Fsp3) is 0.600. The summed E-state index contributed by atoms with van der Waals surface area (Å²) in [6, 6.07) is 4.33. The molecular weight excluding hydrogens is 332 g/mol. The maximum absolute atomic E-state index is 12.5. The minimum Gasteiger partial charge on any atom is -0.353 e. The second kappa shape index (κ2) is 6.32.